The van der Waals surface area contributed by atoms with Crippen LogP contribution in [0.4, 0.5) is 0 Å². The van der Waals surface area contributed by atoms with E-state index in [4.69, 9.17) is 13.7 Å². The highest BCUT2D eigenvalue weighted by atomic mass is 16.5. The van der Waals surface area contributed by atoms with Gasteiger partial charge < -0.3 is 18.6 Å². The number of benzene rings is 1. The van der Waals surface area contributed by atoms with E-state index in [-0.39, 0.29) is 17.6 Å². The number of carbonyl (C=O) groups is 1. The first-order valence-electron chi connectivity index (χ1n) is 11.5. The molecule has 1 atom stereocenters. The monoisotopic (exact) mass is 461 g/mol. The summed E-state index contributed by atoms with van der Waals surface area (Å²) >= 11 is 0. The molecular weight excluding hydrogens is 434 g/mol. The van der Waals surface area contributed by atoms with Crippen LogP contribution in [0.1, 0.15) is 53.5 Å². The SMILES string of the molecule is CCn1cc(-c2cc(C(=O)N3CCCC(c4ncc(Cc5cccc(OC)c5)o4)C3)on2)cn1. The number of nitrogens with zero attached hydrogens (tertiary/aromatic N) is 5. The van der Waals surface area contributed by atoms with Crippen LogP contribution >= 0.6 is 0 Å². The molecule has 1 unspecified atom stereocenters. The maximum atomic E-state index is 13.1. The minimum Gasteiger partial charge on any atom is -0.497 e. The van der Waals surface area contributed by atoms with Gasteiger partial charge >= 0.3 is 0 Å². The molecule has 176 valence electrons. The van der Waals surface area contributed by atoms with E-state index in [9.17, 15) is 4.79 Å². The number of methoxy groups -OCH3 is 1. The Morgan fingerprint density at radius 2 is 2.18 bits per heavy atom. The number of hydrogen-bond acceptors (Lipinski definition) is 7. The van der Waals surface area contributed by atoms with Gasteiger partial charge in [0.25, 0.3) is 5.91 Å². The van der Waals surface area contributed by atoms with E-state index >= 15 is 0 Å². The van der Waals surface area contributed by atoms with E-state index in [0.29, 0.717) is 31.1 Å². The van der Waals surface area contributed by atoms with Gasteiger partial charge in [-0.2, -0.15) is 5.10 Å². The zero-order valence-corrected chi connectivity index (χ0v) is 19.3. The Balaban J connectivity index is 1.25. The van der Waals surface area contributed by atoms with E-state index in [1.165, 1.54) is 0 Å². The number of amides is 1. The Hall–Kier alpha value is -3.88. The van der Waals surface area contributed by atoms with Gasteiger partial charge in [-0.1, -0.05) is 17.3 Å². The third-order valence-electron chi connectivity index (χ3n) is 6.12. The largest absolute Gasteiger partial charge is 0.497 e. The predicted molar refractivity (Wildman–Crippen MR) is 124 cm³/mol. The molecule has 1 fully saturated rings. The summed E-state index contributed by atoms with van der Waals surface area (Å²) in [5.41, 5.74) is 2.52. The molecule has 3 aromatic heterocycles. The number of ether oxygens (including phenoxy) is 1. The van der Waals surface area contributed by atoms with Gasteiger partial charge in [-0.15, -0.1) is 0 Å². The van der Waals surface area contributed by atoms with Crippen molar-refractivity contribution in [1.29, 1.82) is 0 Å². The molecule has 4 heterocycles. The maximum absolute atomic E-state index is 13.1. The average Bonchev–Trinajstić information content (AvgIpc) is 3.64. The van der Waals surface area contributed by atoms with Crippen molar-refractivity contribution in [3.8, 4) is 17.0 Å². The summed E-state index contributed by atoms with van der Waals surface area (Å²) in [6.07, 6.45) is 7.80. The Kier molecular flexibility index (Phi) is 6.16. The van der Waals surface area contributed by atoms with Crippen molar-refractivity contribution in [2.24, 2.45) is 0 Å². The van der Waals surface area contributed by atoms with Crippen molar-refractivity contribution in [3.05, 3.63) is 71.9 Å². The topological polar surface area (TPSA) is 99.4 Å². The van der Waals surface area contributed by atoms with E-state index in [0.717, 1.165) is 42.0 Å². The van der Waals surface area contributed by atoms with Gasteiger partial charge in [0.05, 0.1) is 25.4 Å². The number of oxazole rings is 1. The van der Waals surface area contributed by atoms with Crippen molar-refractivity contribution in [2.75, 3.05) is 20.2 Å². The van der Waals surface area contributed by atoms with Gasteiger partial charge in [-0.3, -0.25) is 9.48 Å². The molecule has 1 aliphatic heterocycles. The number of likely N-dealkylation sites (tertiary alicyclic amines) is 1. The molecule has 0 spiro atoms. The Morgan fingerprint density at radius 3 is 3.00 bits per heavy atom. The first-order chi connectivity index (χ1) is 16.6. The first-order valence-corrected chi connectivity index (χ1v) is 11.5. The summed E-state index contributed by atoms with van der Waals surface area (Å²) in [7, 11) is 1.65. The van der Waals surface area contributed by atoms with Crippen LogP contribution in [0.5, 0.6) is 5.75 Å². The smallest absolute Gasteiger partial charge is 0.292 e. The fourth-order valence-electron chi connectivity index (χ4n) is 4.28. The number of piperidine rings is 1. The van der Waals surface area contributed by atoms with Gasteiger partial charge in [0.1, 0.15) is 17.2 Å². The summed E-state index contributed by atoms with van der Waals surface area (Å²) in [5, 5.41) is 8.32. The highest BCUT2D eigenvalue weighted by Gasteiger charge is 2.30. The lowest BCUT2D eigenvalue weighted by Gasteiger charge is -2.30. The predicted octanol–water partition coefficient (Wildman–Crippen LogP) is 4.17. The highest BCUT2D eigenvalue weighted by molar-refractivity contribution is 5.92. The molecule has 0 saturated carbocycles. The molecule has 9 nitrogen and oxygen atoms in total. The minimum absolute atomic E-state index is 0.0435. The number of hydrogen-bond donors (Lipinski definition) is 0. The fraction of sp³-hybridized carbons (Fsp3) is 0.360. The van der Waals surface area contributed by atoms with Gasteiger partial charge in [0.15, 0.2) is 5.89 Å². The third kappa shape index (κ3) is 4.59. The van der Waals surface area contributed by atoms with E-state index in [1.54, 1.807) is 35.2 Å². The number of rotatable bonds is 7. The quantitative estimate of drug-likeness (QED) is 0.407. The van der Waals surface area contributed by atoms with Crippen molar-refractivity contribution in [1.82, 2.24) is 24.8 Å². The lowest BCUT2D eigenvalue weighted by atomic mass is 9.98. The van der Waals surface area contributed by atoms with Crippen molar-refractivity contribution >= 4 is 5.91 Å². The number of carbonyl (C=O) groups excluding carboxylic acids is 1. The van der Waals surface area contributed by atoms with Crippen LogP contribution in [0, 0.1) is 0 Å². The van der Waals surface area contributed by atoms with Gasteiger partial charge in [-0.25, -0.2) is 4.98 Å². The molecule has 0 radical (unpaired) electrons. The molecule has 34 heavy (non-hydrogen) atoms. The fourth-order valence-corrected chi connectivity index (χ4v) is 4.28. The molecule has 0 N–H and O–H groups in total. The van der Waals surface area contributed by atoms with Gasteiger partial charge in [-0.05, 0) is 37.5 Å². The standard InChI is InChI=1S/C25H27N5O4/c1-3-30-16-19(13-27-30)22-12-23(34-28-22)25(31)29-9-5-7-18(15-29)24-26-14-21(33-24)11-17-6-4-8-20(10-17)32-2/h4,6,8,10,12-14,16,18H,3,5,7,9,11,15H2,1-2H3. The zero-order chi connectivity index (χ0) is 23.5. The lowest BCUT2D eigenvalue weighted by molar-refractivity contribution is 0.0656. The van der Waals surface area contributed by atoms with Crippen LogP contribution in [-0.4, -0.2) is 50.9 Å². The van der Waals surface area contributed by atoms with Crippen LogP contribution in [0.3, 0.4) is 0 Å². The second-order valence-corrected chi connectivity index (χ2v) is 8.44. The first kappa shape index (κ1) is 21.9. The second kappa shape index (κ2) is 9.54. The van der Waals surface area contributed by atoms with E-state index in [1.807, 2.05) is 37.4 Å². The Labute approximate surface area is 197 Å². The van der Waals surface area contributed by atoms with E-state index in [2.05, 4.69) is 15.2 Å². The van der Waals surface area contributed by atoms with Crippen molar-refractivity contribution in [2.45, 2.75) is 38.6 Å². The molecule has 0 aliphatic carbocycles. The van der Waals surface area contributed by atoms with Crippen LogP contribution in [-0.2, 0) is 13.0 Å². The Bertz CT molecular complexity index is 1270. The molecule has 5 rings (SSSR count). The molecule has 1 aromatic carbocycles. The third-order valence-corrected chi connectivity index (χ3v) is 6.12. The lowest BCUT2D eigenvalue weighted by Crippen LogP contribution is -2.39. The van der Waals surface area contributed by atoms with E-state index < -0.39 is 0 Å². The maximum Gasteiger partial charge on any atom is 0.292 e. The molecular formula is C25H27N5O4. The molecule has 4 aromatic rings. The summed E-state index contributed by atoms with van der Waals surface area (Å²) in [5.74, 6) is 2.37. The molecule has 1 aliphatic rings. The van der Waals surface area contributed by atoms with Crippen LogP contribution < -0.4 is 4.74 Å². The highest BCUT2D eigenvalue weighted by Crippen LogP contribution is 2.29. The van der Waals surface area contributed by atoms with Crippen LogP contribution in [0.2, 0.25) is 0 Å². The molecule has 1 amide bonds. The van der Waals surface area contributed by atoms with Crippen LogP contribution in [0.25, 0.3) is 11.3 Å². The zero-order valence-electron chi connectivity index (χ0n) is 19.3. The summed E-state index contributed by atoms with van der Waals surface area (Å²) in [6.45, 7) is 3.97. The molecule has 1 saturated heterocycles. The number of aryl methyl sites for hydroxylation is 1. The minimum atomic E-state index is -0.172. The summed E-state index contributed by atoms with van der Waals surface area (Å²) in [4.78, 5) is 19.4. The van der Waals surface area contributed by atoms with Crippen molar-refractivity contribution in [3.63, 3.8) is 0 Å². The number of aromatic nitrogens is 4. The van der Waals surface area contributed by atoms with Crippen LogP contribution in [0.15, 0.2) is 57.9 Å². The molecule has 9 heteroatoms. The normalized spacial score (nSPS) is 16.1. The summed E-state index contributed by atoms with van der Waals surface area (Å²) < 4.78 is 18.6. The van der Waals surface area contributed by atoms with Gasteiger partial charge in [0, 0.05) is 43.9 Å². The Morgan fingerprint density at radius 1 is 1.26 bits per heavy atom. The second-order valence-electron chi connectivity index (χ2n) is 8.44. The summed E-state index contributed by atoms with van der Waals surface area (Å²) in [6, 6.07) is 9.58. The van der Waals surface area contributed by atoms with Gasteiger partial charge in [0.2, 0.25) is 5.76 Å². The average molecular weight is 462 g/mol. The van der Waals surface area contributed by atoms with Crippen molar-refractivity contribution < 1.29 is 18.5 Å². The molecule has 0 bridgehead atoms.